The van der Waals surface area contributed by atoms with Gasteiger partial charge in [-0.2, -0.15) is 0 Å². The predicted molar refractivity (Wildman–Crippen MR) is 70.0 cm³/mol. The third-order valence-corrected chi connectivity index (χ3v) is 4.39. The van der Waals surface area contributed by atoms with Gasteiger partial charge in [-0.1, -0.05) is 12.8 Å². The van der Waals surface area contributed by atoms with Gasteiger partial charge in [-0.3, -0.25) is 9.78 Å². The zero-order chi connectivity index (χ0) is 14.1. The number of hydrogen-bond acceptors (Lipinski definition) is 4. The maximum atomic E-state index is 12.6. The molecule has 0 aromatic carbocycles. The number of likely N-dealkylation sites (tertiary alicyclic amines) is 1. The van der Waals surface area contributed by atoms with Crippen LogP contribution >= 0.6 is 0 Å². The van der Waals surface area contributed by atoms with Gasteiger partial charge in [0.05, 0.1) is 6.20 Å². The number of rotatable bonds is 2. The second kappa shape index (κ2) is 5.19. The van der Waals surface area contributed by atoms with Crippen LogP contribution in [0.3, 0.4) is 0 Å². The molecular formula is C14H17N3O3. The average molecular weight is 275 g/mol. The fourth-order valence-corrected chi connectivity index (χ4v) is 3.51. The second-order valence-corrected chi connectivity index (χ2v) is 5.50. The number of carbonyl (C=O) groups is 2. The van der Waals surface area contributed by atoms with Gasteiger partial charge >= 0.3 is 5.97 Å². The van der Waals surface area contributed by atoms with Crippen molar-refractivity contribution in [2.45, 2.75) is 44.2 Å². The van der Waals surface area contributed by atoms with Crippen LogP contribution in [0.2, 0.25) is 0 Å². The summed E-state index contributed by atoms with van der Waals surface area (Å²) in [4.78, 5) is 33.5. The van der Waals surface area contributed by atoms with Gasteiger partial charge in [0.2, 0.25) is 0 Å². The summed E-state index contributed by atoms with van der Waals surface area (Å²) in [6.07, 6.45) is 9.00. The SMILES string of the molecule is O=C(O)C1CC2CCCCC2N1C(=O)c1cnccn1. The second-order valence-electron chi connectivity index (χ2n) is 5.50. The Hall–Kier alpha value is -1.98. The number of amides is 1. The Balaban J connectivity index is 1.91. The molecule has 1 aliphatic carbocycles. The van der Waals surface area contributed by atoms with Crippen LogP contribution in [0.1, 0.15) is 42.6 Å². The third-order valence-electron chi connectivity index (χ3n) is 4.39. The third kappa shape index (κ3) is 2.15. The normalized spacial score (nSPS) is 29.0. The number of fused-ring (bicyclic) bond motifs is 1. The number of carboxylic acids is 1. The van der Waals surface area contributed by atoms with E-state index < -0.39 is 12.0 Å². The maximum Gasteiger partial charge on any atom is 0.326 e. The molecule has 6 heteroatoms. The summed E-state index contributed by atoms with van der Waals surface area (Å²) < 4.78 is 0. The van der Waals surface area contributed by atoms with Crippen molar-refractivity contribution in [2.24, 2.45) is 5.92 Å². The lowest BCUT2D eigenvalue weighted by molar-refractivity contribution is -0.141. The van der Waals surface area contributed by atoms with Crippen LogP contribution in [-0.4, -0.2) is 43.9 Å². The summed E-state index contributed by atoms with van der Waals surface area (Å²) in [5.74, 6) is -0.915. The minimum atomic E-state index is -0.920. The Morgan fingerprint density at radius 2 is 2.05 bits per heavy atom. The van der Waals surface area contributed by atoms with Crippen molar-refractivity contribution in [3.8, 4) is 0 Å². The zero-order valence-corrected chi connectivity index (χ0v) is 11.1. The summed E-state index contributed by atoms with van der Waals surface area (Å²) in [7, 11) is 0. The molecule has 1 saturated heterocycles. The number of nitrogens with zero attached hydrogens (tertiary/aromatic N) is 3. The van der Waals surface area contributed by atoms with Crippen molar-refractivity contribution in [3.05, 3.63) is 24.3 Å². The monoisotopic (exact) mass is 275 g/mol. The van der Waals surface area contributed by atoms with Gasteiger partial charge in [-0.05, 0) is 25.2 Å². The van der Waals surface area contributed by atoms with E-state index in [4.69, 9.17) is 0 Å². The molecule has 20 heavy (non-hydrogen) atoms. The molecule has 3 atom stereocenters. The molecule has 0 radical (unpaired) electrons. The molecule has 2 fully saturated rings. The van der Waals surface area contributed by atoms with E-state index in [0.29, 0.717) is 12.3 Å². The van der Waals surface area contributed by atoms with Crippen molar-refractivity contribution in [1.82, 2.24) is 14.9 Å². The summed E-state index contributed by atoms with van der Waals surface area (Å²) in [5.41, 5.74) is 0.227. The molecule has 1 amide bonds. The number of aromatic nitrogens is 2. The molecule has 0 bridgehead atoms. The van der Waals surface area contributed by atoms with Crippen molar-refractivity contribution in [2.75, 3.05) is 0 Å². The highest BCUT2D eigenvalue weighted by Gasteiger charge is 2.47. The topological polar surface area (TPSA) is 83.4 Å². The van der Waals surface area contributed by atoms with E-state index in [1.165, 1.54) is 23.5 Å². The largest absolute Gasteiger partial charge is 0.480 e. The Morgan fingerprint density at radius 1 is 1.25 bits per heavy atom. The molecule has 2 aliphatic rings. The Labute approximate surface area is 116 Å². The van der Waals surface area contributed by atoms with E-state index in [0.717, 1.165) is 25.7 Å². The van der Waals surface area contributed by atoms with E-state index in [1.807, 2.05) is 0 Å². The van der Waals surface area contributed by atoms with Crippen LogP contribution in [-0.2, 0) is 4.79 Å². The van der Waals surface area contributed by atoms with Crippen molar-refractivity contribution in [1.29, 1.82) is 0 Å². The highest BCUT2D eigenvalue weighted by atomic mass is 16.4. The first kappa shape index (κ1) is 13.0. The lowest BCUT2D eigenvalue weighted by Gasteiger charge is -2.32. The number of hydrogen-bond donors (Lipinski definition) is 1. The van der Waals surface area contributed by atoms with Crippen LogP contribution in [0.4, 0.5) is 0 Å². The van der Waals surface area contributed by atoms with Gasteiger partial charge < -0.3 is 10.0 Å². The Bertz CT molecular complexity index is 520. The fraction of sp³-hybridized carbons (Fsp3) is 0.571. The van der Waals surface area contributed by atoms with Crippen molar-refractivity contribution < 1.29 is 14.7 Å². The van der Waals surface area contributed by atoms with Crippen LogP contribution in [0.5, 0.6) is 0 Å². The molecule has 3 unspecified atom stereocenters. The molecule has 2 heterocycles. The van der Waals surface area contributed by atoms with Crippen molar-refractivity contribution in [3.63, 3.8) is 0 Å². The molecule has 1 aromatic rings. The summed E-state index contributed by atoms with van der Waals surface area (Å²) in [6.45, 7) is 0. The van der Waals surface area contributed by atoms with Gasteiger partial charge in [-0.25, -0.2) is 9.78 Å². The molecule has 6 nitrogen and oxygen atoms in total. The average Bonchev–Trinajstić information content (AvgIpc) is 2.87. The van der Waals surface area contributed by atoms with Gasteiger partial charge in [0.25, 0.3) is 5.91 Å². The van der Waals surface area contributed by atoms with E-state index >= 15 is 0 Å². The first-order valence-corrected chi connectivity index (χ1v) is 7.00. The number of carbonyl (C=O) groups excluding carboxylic acids is 1. The molecule has 106 valence electrons. The molecule has 0 spiro atoms. The van der Waals surface area contributed by atoms with Crippen molar-refractivity contribution >= 4 is 11.9 Å². The van der Waals surface area contributed by atoms with Crippen LogP contribution in [0, 0.1) is 5.92 Å². The summed E-state index contributed by atoms with van der Waals surface area (Å²) in [6, 6.07) is -0.683. The quantitative estimate of drug-likeness (QED) is 0.880. The smallest absolute Gasteiger partial charge is 0.326 e. The number of aliphatic carboxylic acids is 1. The molecular weight excluding hydrogens is 258 g/mol. The molecule has 1 aromatic heterocycles. The van der Waals surface area contributed by atoms with E-state index in [9.17, 15) is 14.7 Å². The highest BCUT2D eigenvalue weighted by Crippen LogP contribution is 2.40. The first-order chi connectivity index (χ1) is 9.68. The minimum absolute atomic E-state index is 0.0411. The van der Waals surface area contributed by atoms with E-state index in [-0.39, 0.29) is 17.6 Å². The predicted octanol–water partition coefficient (Wildman–Crippen LogP) is 1.33. The van der Waals surface area contributed by atoms with Gasteiger partial charge in [0.1, 0.15) is 11.7 Å². The first-order valence-electron chi connectivity index (χ1n) is 7.00. The molecule has 3 rings (SSSR count). The Kier molecular flexibility index (Phi) is 3.38. The fourth-order valence-electron chi connectivity index (χ4n) is 3.51. The molecule has 1 N–H and O–H groups in total. The zero-order valence-electron chi connectivity index (χ0n) is 11.1. The molecule has 1 saturated carbocycles. The maximum absolute atomic E-state index is 12.6. The van der Waals surface area contributed by atoms with Gasteiger partial charge in [-0.15, -0.1) is 0 Å². The number of carboxylic acid groups (broad SMARTS) is 1. The Morgan fingerprint density at radius 3 is 2.75 bits per heavy atom. The van der Waals surface area contributed by atoms with E-state index in [1.54, 1.807) is 0 Å². The van der Waals surface area contributed by atoms with Crippen LogP contribution in [0.25, 0.3) is 0 Å². The highest BCUT2D eigenvalue weighted by molar-refractivity contribution is 5.95. The lowest BCUT2D eigenvalue weighted by Crippen LogP contribution is -2.46. The minimum Gasteiger partial charge on any atom is -0.480 e. The van der Waals surface area contributed by atoms with E-state index in [2.05, 4.69) is 9.97 Å². The van der Waals surface area contributed by atoms with Gasteiger partial charge in [0, 0.05) is 18.4 Å². The lowest BCUT2D eigenvalue weighted by atomic mass is 9.84. The van der Waals surface area contributed by atoms with Crippen LogP contribution in [0.15, 0.2) is 18.6 Å². The standard InChI is InChI=1S/C14H17N3O3/c18-13(10-8-15-5-6-16-10)17-11-4-2-1-3-9(11)7-12(17)14(19)20/h5-6,8-9,11-12H,1-4,7H2,(H,19,20). The molecule has 1 aliphatic heterocycles. The summed E-state index contributed by atoms with van der Waals surface area (Å²) in [5, 5.41) is 9.40. The van der Waals surface area contributed by atoms with Gasteiger partial charge in [0.15, 0.2) is 0 Å². The summed E-state index contributed by atoms with van der Waals surface area (Å²) >= 11 is 0. The van der Waals surface area contributed by atoms with Crippen LogP contribution < -0.4 is 0 Å².